The van der Waals surface area contributed by atoms with Crippen LogP contribution in [0.2, 0.25) is 5.15 Å². The first kappa shape index (κ1) is 12.3. The Hall–Kier alpha value is -1.73. The Bertz CT molecular complexity index is 760. The highest BCUT2D eigenvalue weighted by molar-refractivity contribution is 9.10. The van der Waals surface area contributed by atoms with Crippen molar-refractivity contribution in [2.75, 3.05) is 5.32 Å². The molecule has 0 spiro atoms. The molecular weight excluding hydrogens is 337 g/mol. The zero-order valence-electron chi connectivity index (χ0n) is 9.31. The molecule has 0 unspecified atom stereocenters. The summed E-state index contributed by atoms with van der Waals surface area (Å²) in [5.41, 5.74) is 0.555. The molecule has 96 valence electrons. The Balaban J connectivity index is 2.10. The fraction of sp³-hybridized carbons (Fsp3) is 0. The van der Waals surface area contributed by atoms with Gasteiger partial charge in [0.1, 0.15) is 23.1 Å². The molecule has 2 aromatic heterocycles. The molecule has 0 amide bonds. The van der Waals surface area contributed by atoms with Crippen LogP contribution in [-0.4, -0.2) is 19.6 Å². The summed E-state index contributed by atoms with van der Waals surface area (Å²) in [7, 11) is 0. The SMILES string of the molecule is Fc1ccc(Br)c(Nc2cc(Cl)nc3ncnn23)c1. The van der Waals surface area contributed by atoms with E-state index in [1.165, 1.54) is 23.0 Å². The highest BCUT2D eigenvalue weighted by atomic mass is 79.9. The molecule has 0 aliphatic heterocycles. The van der Waals surface area contributed by atoms with Crippen molar-refractivity contribution in [1.82, 2.24) is 19.6 Å². The van der Waals surface area contributed by atoms with Gasteiger partial charge in [0.05, 0.1) is 5.69 Å². The quantitative estimate of drug-likeness (QED) is 0.725. The number of nitrogens with zero attached hydrogens (tertiary/aromatic N) is 4. The second kappa shape index (κ2) is 4.75. The van der Waals surface area contributed by atoms with Crippen LogP contribution in [0.3, 0.4) is 0 Å². The zero-order chi connectivity index (χ0) is 13.4. The highest BCUT2D eigenvalue weighted by Crippen LogP contribution is 2.27. The molecule has 0 saturated carbocycles. The van der Waals surface area contributed by atoms with E-state index in [0.717, 1.165) is 4.47 Å². The first-order chi connectivity index (χ1) is 9.13. The van der Waals surface area contributed by atoms with Crippen LogP contribution < -0.4 is 5.32 Å². The maximum Gasteiger partial charge on any atom is 0.255 e. The number of aromatic nitrogens is 4. The van der Waals surface area contributed by atoms with Crippen molar-refractivity contribution in [1.29, 1.82) is 0 Å². The van der Waals surface area contributed by atoms with Gasteiger partial charge in [0, 0.05) is 10.5 Å². The molecule has 19 heavy (non-hydrogen) atoms. The van der Waals surface area contributed by atoms with E-state index in [9.17, 15) is 4.39 Å². The van der Waals surface area contributed by atoms with E-state index in [2.05, 4.69) is 36.3 Å². The number of hydrogen-bond donors (Lipinski definition) is 1. The largest absolute Gasteiger partial charge is 0.339 e. The van der Waals surface area contributed by atoms with Gasteiger partial charge in [-0.15, -0.1) is 0 Å². The summed E-state index contributed by atoms with van der Waals surface area (Å²) < 4.78 is 15.4. The first-order valence-corrected chi connectivity index (χ1v) is 6.39. The number of anilines is 2. The van der Waals surface area contributed by atoms with E-state index in [4.69, 9.17) is 11.6 Å². The standard InChI is InChI=1S/C11H6BrClFN5/c12-7-2-1-6(14)3-8(7)17-10-4-9(13)18-11-15-5-16-19(10)11/h1-5,17H. The number of rotatable bonds is 2. The zero-order valence-corrected chi connectivity index (χ0v) is 11.7. The Labute approximate surface area is 120 Å². The predicted octanol–water partition coefficient (Wildman–Crippen LogP) is 3.42. The van der Waals surface area contributed by atoms with Gasteiger partial charge in [0.25, 0.3) is 5.78 Å². The fourth-order valence-corrected chi connectivity index (χ4v) is 2.13. The van der Waals surface area contributed by atoms with Gasteiger partial charge in [-0.1, -0.05) is 11.6 Å². The molecule has 0 aliphatic carbocycles. The average Bonchev–Trinajstić information content (AvgIpc) is 2.82. The van der Waals surface area contributed by atoms with Crippen molar-refractivity contribution < 1.29 is 4.39 Å². The normalized spacial score (nSPS) is 10.9. The van der Waals surface area contributed by atoms with Gasteiger partial charge in [-0.3, -0.25) is 0 Å². The topological polar surface area (TPSA) is 55.1 Å². The van der Waals surface area contributed by atoms with Crippen LogP contribution in [0.1, 0.15) is 0 Å². The van der Waals surface area contributed by atoms with Crippen LogP contribution in [0.4, 0.5) is 15.9 Å². The molecule has 1 N–H and O–H groups in total. The maximum absolute atomic E-state index is 13.2. The second-order valence-electron chi connectivity index (χ2n) is 3.69. The minimum atomic E-state index is -0.347. The summed E-state index contributed by atoms with van der Waals surface area (Å²) in [6, 6.07) is 5.92. The first-order valence-electron chi connectivity index (χ1n) is 5.22. The molecule has 0 bridgehead atoms. The van der Waals surface area contributed by atoms with E-state index in [1.54, 1.807) is 12.1 Å². The third-order valence-corrected chi connectivity index (χ3v) is 3.30. The lowest BCUT2D eigenvalue weighted by Gasteiger charge is -2.09. The van der Waals surface area contributed by atoms with Crippen molar-refractivity contribution in [3.63, 3.8) is 0 Å². The van der Waals surface area contributed by atoms with Crippen LogP contribution in [0, 0.1) is 5.82 Å². The predicted molar refractivity (Wildman–Crippen MR) is 73.2 cm³/mol. The van der Waals surface area contributed by atoms with Gasteiger partial charge in [-0.2, -0.15) is 19.6 Å². The molecule has 3 rings (SSSR count). The van der Waals surface area contributed by atoms with E-state index >= 15 is 0 Å². The molecule has 0 atom stereocenters. The molecule has 0 fully saturated rings. The maximum atomic E-state index is 13.2. The average molecular weight is 343 g/mol. The van der Waals surface area contributed by atoms with Gasteiger partial charge in [0.15, 0.2) is 0 Å². The fourth-order valence-electron chi connectivity index (χ4n) is 1.60. The molecule has 5 nitrogen and oxygen atoms in total. The smallest absolute Gasteiger partial charge is 0.255 e. The molecule has 3 aromatic rings. The van der Waals surface area contributed by atoms with Crippen LogP contribution in [0.25, 0.3) is 5.78 Å². The Kier molecular flexibility index (Phi) is 3.08. The summed E-state index contributed by atoms with van der Waals surface area (Å²) in [5.74, 6) is 0.557. The number of halogens is 3. The highest BCUT2D eigenvalue weighted by Gasteiger charge is 2.09. The summed E-state index contributed by atoms with van der Waals surface area (Å²) >= 11 is 9.24. The van der Waals surface area contributed by atoms with Crippen molar-refractivity contribution in [3.05, 3.63) is 46.0 Å². The van der Waals surface area contributed by atoms with Crippen molar-refractivity contribution in [2.24, 2.45) is 0 Å². The monoisotopic (exact) mass is 341 g/mol. The Morgan fingerprint density at radius 1 is 1.32 bits per heavy atom. The van der Waals surface area contributed by atoms with Gasteiger partial charge in [-0.05, 0) is 34.1 Å². The van der Waals surface area contributed by atoms with Crippen LogP contribution in [-0.2, 0) is 0 Å². The van der Waals surface area contributed by atoms with Crippen molar-refractivity contribution in [2.45, 2.75) is 0 Å². The van der Waals surface area contributed by atoms with Crippen LogP contribution >= 0.6 is 27.5 Å². The van der Waals surface area contributed by atoms with E-state index < -0.39 is 0 Å². The summed E-state index contributed by atoms with van der Waals surface area (Å²) in [4.78, 5) is 7.96. The molecular formula is C11H6BrClFN5. The minimum absolute atomic E-state index is 0.274. The number of hydrogen-bond acceptors (Lipinski definition) is 4. The number of nitrogens with one attached hydrogen (secondary N) is 1. The van der Waals surface area contributed by atoms with Gasteiger partial charge in [-0.25, -0.2) is 4.39 Å². The van der Waals surface area contributed by atoms with Crippen LogP contribution in [0.5, 0.6) is 0 Å². The molecule has 8 heteroatoms. The van der Waals surface area contributed by atoms with E-state index in [-0.39, 0.29) is 11.0 Å². The molecule has 0 radical (unpaired) electrons. The van der Waals surface area contributed by atoms with Gasteiger partial charge >= 0.3 is 0 Å². The second-order valence-corrected chi connectivity index (χ2v) is 4.93. The third-order valence-electron chi connectivity index (χ3n) is 2.41. The molecule has 0 saturated heterocycles. The Morgan fingerprint density at radius 3 is 3.00 bits per heavy atom. The number of fused-ring (bicyclic) bond motifs is 1. The summed E-state index contributed by atoms with van der Waals surface area (Å²) in [6.45, 7) is 0. The van der Waals surface area contributed by atoms with Crippen molar-refractivity contribution in [3.8, 4) is 0 Å². The Morgan fingerprint density at radius 2 is 2.16 bits per heavy atom. The lowest BCUT2D eigenvalue weighted by Crippen LogP contribution is -2.02. The van der Waals surface area contributed by atoms with E-state index in [0.29, 0.717) is 17.3 Å². The lowest BCUT2D eigenvalue weighted by atomic mass is 10.3. The minimum Gasteiger partial charge on any atom is -0.339 e. The molecule has 1 aromatic carbocycles. The summed E-state index contributed by atoms with van der Waals surface area (Å²) in [5, 5.41) is 7.33. The van der Waals surface area contributed by atoms with Gasteiger partial charge < -0.3 is 5.32 Å². The van der Waals surface area contributed by atoms with Crippen LogP contribution in [0.15, 0.2) is 35.1 Å². The molecule has 2 heterocycles. The number of benzene rings is 1. The third kappa shape index (κ3) is 2.39. The van der Waals surface area contributed by atoms with E-state index in [1.807, 2.05) is 0 Å². The van der Waals surface area contributed by atoms with Gasteiger partial charge in [0.2, 0.25) is 0 Å². The van der Waals surface area contributed by atoms with Crippen molar-refractivity contribution >= 4 is 44.8 Å². The molecule has 0 aliphatic rings. The summed E-state index contributed by atoms with van der Waals surface area (Å²) in [6.07, 6.45) is 1.37. The lowest BCUT2D eigenvalue weighted by molar-refractivity contribution is 0.628.